The molecule has 0 radical (unpaired) electrons. The number of benzene rings is 2. The predicted molar refractivity (Wildman–Crippen MR) is 85.6 cm³/mol. The zero-order chi connectivity index (χ0) is 14.8. The molecule has 3 nitrogen and oxygen atoms in total. The van der Waals surface area contributed by atoms with Crippen molar-refractivity contribution in [3.05, 3.63) is 64.8 Å². The molecule has 2 aromatic carbocycles. The third-order valence-electron chi connectivity index (χ3n) is 3.76. The second-order valence-corrected chi connectivity index (χ2v) is 5.80. The molecule has 0 amide bonds. The summed E-state index contributed by atoms with van der Waals surface area (Å²) in [6.45, 7) is 2.00. The van der Waals surface area contributed by atoms with E-state index in [4.69, 9.17) is 21.9 Å². The highest BCUT2D eigenvalue weighted by Crippen LogP contribution is 2.29. The number of hydrogen-bond acceptors (Lipinski definition) is 3. The van der Waals surface area contributed by atoms with E-state index >= 15 is 0 Å². The number of nitrogens with two attached hydrogens (primary N) is 1. The van der Waals surface area contributed by atoms with Crippen LogP contribution in [0, 0.1) is 0 Å². The lowest BCUT2D eigenvalue weighted by Gasteiger charge is -2.19. The fraction of sp³-hybridized carbons (Fsp3) is 0.235. The Balaban J connectivity index is 1.96. The van der Waals surface area contributed by atoms with Crippen LogP contribution in [-0.2, 0) is 6.42 Å². The van der Waals surface area contributed by atoms with Gasteiger partial charge in [-0.15, -0.1) is 0 Å². The first-order chi connectivity index (χ1) is 10.1. The predicted octanol–water partition coefficient (Wildman–Crippen LogP) is 4.15. The Morgan fingerprint density at radius 3 is 2.57 bits per heavy atom. The summed E-state index contributed by atoms with van der Waals surface area (Å²) in [6, 6.07) is 15.7. The molecule has 2 N–H and O–H groups in total. The van der Waals surface area contributed by atoms with Gasteiger partial charge in [0.2, 0.25) is 0 Å². The van der Waals surface area contributed by atoms with Crippen molar-refractivity contribution in [3.8, 4) is 0 Å². The number of fused-ring (bicyclic) bond motifs is 1. The Hall–Kier alpha value is -1.84. The maximum absolute atomic E-state index is 6.19. The van der Waals surface area contributed by atoms with E-state index in [0.29, 0.717) is 0 Å². The van der Waals surface area contributed by atoms with E-state index in [-0.39, 0.29) is 12.0 Å². The summed E-state index contributed by atoms with van der Waals surface area (Å²) in [5.41, 5.74) is 9.10. The first-order valence-corrected chi connectivity index (χ1v) is 7.37. The van der Waals surface area contributed by atoms with Crippen molar-refractivity contribution in [2.45, 2.75) is 25.3 Å². The average Bonchev–Trinajstić information content (AvgIpc) is 2.90. The van der Waals surface area contributed by atoms with E-state index in [1.807, 2.05) is 55.5 Å². The molecule has 0 fully saturated rings. The van der Waals surface area contributed by atoms with Crippen LogP contribution in [0.15, 0.2) is 53.1 Å². The Labute approximate surface area is 128 Å². The van der Waals surface area contributed by atoms with E-state index in [2.05, 4.69) is 5.16 Å². The van der Waals surface area contributed by atoms with Crippen molar-refractivity contribution in [2.75, 3.05) is 0 Å². The van der Waals surface area contributed by atoms with Gasteiger partial charge in [-0.05, 0) is 43.2 Å². The van der Waals surface area contributed by atoms with Crippen molar-refractivity contribution < 1.29 is 4.52 Å². The lowest BCUT2D eigenvalue weighted by atomic mass is 9.89. The fourth-order valence-corrected chi connectivity index (χ4v) is 2.70. The van der Waals surface area contributed by atoms with Crippen molar-refractivity contribution >= 4 is 22.6 Å². The maximum Gasteiger partial charge on any atom is 0.167 e. The van der Waals surface area contributed by atoms with Crippen LogP contribution in [0.25, 0.3) is 11.0 Å². The number of hydrogen-bond donors (Lipinski definition) is 1. The molecule has 21 heavy (non-hydrogen) atoms. The van der Waals surface area contributed by atoms with Gasteiger partial charge in [0.15, 0.2) is 5.58 Å². The fourth-order valence-electron chi connectivity index (χ4n) is 2.58. The Morgan fingerprint density at radius 2 is 1.86 bits per heavy atom. The zero-order valence-corrected chi connectivity index (χ0v) is 12.5. The van der Waals surface area contributed by atoms with Crippen molar-refractivity contribution in [2.24, 2.45) is 5.73 Å². The molecule has 0 spiro atoms. The van der Waals surface area contributed by atoms with E-state index < -0.39 is 0 Å². The van der Waals surface area contributed by atoms with Crippen LogP contribution < -0.4 is 5.73 Å². The minimum atomic E-state index is -0.0193. The maximum atomic E-state index is 6.19. The lowest BCUT2D eigenvalue weighted by Crippen LogP contribution is -2.26. The lowest BCUT2D eigenvalue weighted by molar-refractivity contribution is 0.425. The monoisotopic (exact) mass is 300 g/mol. The number of aromatic nitrogens is 1. The molecule has 4 heteroatoms. The molecule has 0 aliphatic heterocycles. The highest BCUT2D eigenvalue weighted by molar-refractivity contribution is 6.30. The van der Waals surface area contributed by atoms with Gasteiger partial charge in [0.05, 0.1) is 5.69 Å². The van der Waals surface area contributed by atoms with E-state index in [9.17, 15) is 0 Å². The summed E-state index contributed by atoms with van der Waals surface area (Å²) in [5, 5.41) is 6.02. The van der Waals surface area contributed by atoms with Crippen molar-refractivity contribution in [1.82, 2.24) is 5.16 Å². The zero-order valence-electron chi connectivity index (χ0n) is 11.8. The van der Waals surface area contributed by atoms with Crippen LogP contribution in [0.3, 0.4) is 0 Å². The highest BCUT2D eigenvalue weighted by atomic mass is 35.5. The van der Waals surface area contributed by atoms with Crippen LogP contribution in [0.5, 0.6) is 0 Å². The minimum absolute atomic E-state index is 0.0193. The third-order valence-corrected chi connectivity index (χ3v) is 4.01. The molecular weight excluding hydrogens is 284 g/mol. The smallest absolute Gasteiger partial charge is 0.167 e. The Bertz CT molecular complexity index is 734. The summed E-state index contributed by atoms with van der Waals surface area (Å²) in [5.74, 6) is 0.106. The number of nitrogens with zero attached hydrogens (tertiary/aromatic N) is 1. The van der Waals surface area contributed by atoms with Crippen LogP contribution >= 0.6 is 11.6 Å². The van der Waals surface area contributed by atoms with E-state index in [1.54, 1.807) is 0 Å². The minimum Gasteiger partial charge on any atom is -0.356 e. The van der Waals surface area contributed by atoms with Gasteiger partial charge in [-0.2, -0.15) is 0 Å². The molecule has 2 atom stereocenters. The molecule has 0 saturated heterocycles. The van der Waals surface area contributed by atoms with Gasteiger partial charge in [-0.1, -0.05) is 41.0 Å². The van der Waals surface area contributed by atoms with Gasteiger partial charge in [0.25, 0.3) is 0 Å². The standard InChI is InChI=1S/C17H17ClN2O/c1-11(19)15(10-12-6-8-13(18)9-7-12)17-14-4-2-3-5-16(14)21-20-17/h2-9,11,15H,10,19H2,1H3/t11-,15+/m1/s1. The summed E-state index contributed by atoms with van der Waals surface area (Å²) in [4.78, 5) is 0. The molecule has 1 heterocycles. The molecular formula is C17H17ClN2O. The van der Waals surface area contributed by atoms with E-state index in [0.717, 1.165) is 28.1 Å². The van der Waals surface area contributed by atoms with Crippen LogP contribution in [0.4, 0.5) is 0 Å². The van der Waals surface area contributed by atoms with Gasteiger partial charge < -0.3 is 10.3 Å². The van der Waals surface area contributed by atoms with Crippen LogP contribution in [-0.4, -0.2) is 11.2 Å². The molecule has 3 rings (SSSR count). The van der Waals surface area contributed by atoms with Crippen LogP contribution in [0.1, 0.15) is 24.1 Å². The van der Waals surface area contributed by atoms with Gasteiger partial charge in [0.1, 0.15) is 0 Å². The second-order valence-electron chi connectivity index (χ2n) is 5.36. The first kappa shape index (κ1) is 14.1. The topological polar surface area (TPSA) is 52.0 Å². The normalized spacial score (nSPS) is 14.2. The quantitative estimate of drug-likeness (QED) is 0.787. The number of halogens is 1. The molecule has 0 aliphatic rings. The number of para-hydroxylation sites is 1. The average molecular weight is 301 g/mol. The Kier molecular flexibility index (Phi) is 3.95. The molecule has 0 unspecified atom stereocenters. The third kappa shape index (κ3) is 2.94. The molecule has 0 bridgehead atoms. The Morgan fingerprint density at radius 1 is 1.14 bits per heavy atom. The molecule has 3 aromatic rings. The molecule has 1 aromatic heterocycles. The second kappa shape index (κ2) is 5.88. The number of rotatable bonds is 4. The van der Waals surface area contributed by atoms with Crippen molar-refractivity contribution in [1.29, 1.82) is 0 Å². The van der Waals surface area contributed by atoms with Gasteiger partial charge in [0, 0.05) is 22.4 Å². The summed E-state index contributed by atoms with van der Waals surface area (Å²) in [7, 11) is 0. The summed E-state index contributed by atoms with van der Waals surface area (Å²) < 4.78 is 5.41. The SMILES string of the molecule is C[C@@H](N)[C@H](Cc1ccc(Cl)cc1)c1noc2ccccc12. The van der Waals surface area contributed by atoms with Crippen LogP contribution in [0.2, 0.25) is 5.02 Å². The van der Waals surface area contributed by atoms with E-state index in [1.165, 1.54) is 5.56 Å². The van der Waals surface area contributed by atoms with Gasteiger partial charge in [-0.3, -0.25) is 0 Å². The first-order valence-electron chi connectivity index (χ1n) is 6.99. The largest absolute Gasteiger partial charge is 0.356 e. The molecule has 0 aliphatic carbocycles. The highest BCUT2D eigenvalue weighted by Gasteiger charge is 2.23. The molecule has 0 saturated carbocycles. The van der Waals surface area contributed by atoms with Crippen molar-refractivity contribution in [3.63, 3.8) is 0 Å². The molecule has 108 valence electrons. The van der Waals surface area contributed by atoms with Gasteiger partial charge in [-0.25, -0.2) is 0 Å². The van der Waals surface area contributed by atoms with Gasteiger partial charge >= 0.3 is 0 Å². The summed E-state index contributed by atoms with van der Waals surface area (Å²) in [6.07, 6.45) is 0.811. The summed E-state index contributed by atoms with van der Waals surface area (Å²) >= 11 is 5.94.